The molecule has 0 aliphatic rings. The van der Waals surface area contributed by atoms with Gasteiger partial charge in [-0.05, 0) is 57.7 Å². The Hall–Kier alpha value is -2.56. The third-order valence-electron chi connectivity index (χ3n) is 4.19. The number of carbonyl (C=O) groups is 1. The van der Waals surface area contributed by atoms with Crippen molar-refractivity contribution in [3.05, 3.63) is 47.3 Å². The number of nitrogen functional groups attached to an aromatic ring is 1. The Labute approximate surface area is 156 Å². The molecule has 0 saturated carbocycles. The van der Waals surface area contributed by atoms with Crippen molar-refractivity contribution in [3.63, 3.8) is 0 Å². The molecule has 26 heavy (non-hydrogen) atoms. The molecule has 0 saturated heterocycles. The van der Waals surface area contributed by atoms with Crippen LogP contribution in [0.2, 0.25) is 0 Å². The van der Waals surface area contributed by atoms with Gasteiger partial charge in [-0.15, -0.1) is 0 Å². The lowest BCUT2D eigenvalue weighted by Crippen LogP contribution is -2.34. The highest BCUT2D eigenvalue weighted by molar-refractivity contribution is 5.70. The van der Waals surface area contributed by atoms with Crippen molar-refractivity contribution in [2.75, 3.05) is 12.3 Å². The molecule has 0 radical (unpaired) electrons. The molecule has 2 rings (SSSR count). The number of benzene rings is 1. The van der Waals surface area contributed by atoms with Gasteiger partial charge in [-0.2, -0.15) is 0 Å². The van der Waals surface area contributed by atoms with E-state index in [2.05, 4.69) is 41.5 Å². The largest absolute Gasteiger partial charge is 0.444 e. The van der Waals surface area contributed by atoms with E-state index < -0.39 is 11.7 Å². The van der Waals surface area contributed by atoms with E-state index in [0.29, 0.717) is 12.2 Å². The summed E-state index contributed by atoms with van der Waals surface area (Å²) in [4.78, 5) is 16.3. The number of rotatable bonds is 4. The fraction of sp³-hybridized carbons (Fsp3) is 0.429. The van der Waals surface area contributed by atoms with Gasteiger partial charge >= 0.3 is 6.09 Å². The van der Waals surface area contributed by atoms with E-state index in [9.17, 15) is 4.79 Å². The fourth-order valence-corrected chi connectivity index (χ4v) is 2.69. The molecule has 0 fully saturated rings. The number of nitrogens with one attached hydrogen (secondary N) is 1. The van der Waals surface area contributed by atoms with E-state index in [0.717, 1.165) is 28.1 Å². The summed E-state index contributed by atoms with van der Waals surface area (Å²) in [5, 5.41) is 2.82. The number of alkyl carbamates (subject to hydrolysis) is 1. The van der Waals surface area contributed by atoms with Gasteiger partial charge in [-0.25, -0.2) is 4.79 Å². The van der Waals surface area contributed by atoms with Gasteiger partial charge in [0.05, 0.1) is 11.4 Å². The average molecular weight is 355 g/mol. The first kappa shape index (κ1) is 19.8. The summed E-state index contributed by atoms with van der Waals surface area (Å²) < 4.78 is 5.27. The van der Waals surface area contributed by atoms with E-state index in [4.69, 9.17) is 10.5 Å². The van der Waals surface area contributed by atoms with Crippen molar-refractivity contribution in [3.8, 4) is 11.1 Å². The quantitative estimate of drug-likeness (QED) is 0.842. The van der Waals surface area contributed by atoms with E-state index >= 15 is 0 Å². The molecule has 5 nitrogen and oxygen atoms in total. The van der Waals surface area contributed by atoms with Crippen molar-refractivity contribution in [2.45, 2.75) is 53.1 Å². The zero-order chi connectivity index (χ0) is 19.5. The number of aromatic nitrogens is 1. The van der Waals surface area contributed by atoms with Crippen molar-refractivity contribution >= 4 is 11.8 Å². The minimum Gasteiger partial charge on any atom is -0.444 e. The predicted octanol–water partition coefficient (Wildman–Crippen LogP) is 4.58. The van der Waals surface area contributed by atoms with Gasteiger partial charge in [-0.3, -0.25) is 4.98 Å². The minimum atomic E-state index is -0.489. The number of pyridine rings is 1. The van der Waals surface area contributed by atoms with Gasteiger partial charge in [0.1, 0.15) is 5.60 Å². The molecule has 3 N–H and O–H groups in total. The SMILES string of the molecule is Cc1nc(C)c(-c2ccc(C(C)CNC(=O)OC(C)(C)C)cc2)cc1N. The lowest BCUT2D eigenvalue weighted by molar-refractivity contribution is 0.0525. The fourth-order valence-electron chi connectivity index (χ4n) is 2.69. The lowest BCUT2D eigenvalue weighted by Gasteiger charge is -2.21. The van der Waals surface area contributed by atoms with Crippen LogP contribution in [0, 0.1) is 13.8 Å². The van der Waals surface area contributed by atoms with E-state index in [1.54, 1.807) is 0 Å². The number of nitrogens with two attached hydrogens (primary N) is 1. The normalized spacial score (nSPS) is 12.5. The first-order valence-corrected chi connectivity index (χ1v) is 8.87. The van der Waals surface area contributed by atoms with Crippen LogP contribution in [0.4, 0.5) is 10.5 Å². The second kappa shape index (κ2) is 7.77. The summed E-state index contributed by atoms with van der Waals surface area (Å²) in [6.45, 7) is 12.0. The Morgan fingerprint density at radius 1 is 1.19 bits per heavy atom. The smallest absolute Gasteiger partial charge is 0.407 e. The van der Waals surface area contributed by atoms with Gasteiger partial charge in [0, 0.05) is 17.8 Å². The van der Waals surface area contributed by atoms with Crippen LogP contribution in [0.15, 0.2) is 30.3 Å². The maximum atomic E-state index is 11.8. The first-order chi connectivity index (χ1) is 12.1. The summed E-state index contributed by atoms with van der Waals surface area (Å²) in [6.07, 6.45) is -0.391. The predicted molar refractivity (Wildman–Crippen MR) is 106 cm³/mol. The Balaban J connectivity index is 2.05. The molecule has 1 unspecified atom stereocenters. The van der Waals surface area contributed by atoms with Gasteiger partial charge in [0.25, 0.3) is 0 Å². The van der Waals surface area contributed by atoms with Crippen LogP contribution in [0.25, 0.3) is 11.1 Å². The number of carbonyl (C=O) groups excluding carboxylic acids is 1. The van der Waals surface area contributed by atoms with Crippen LogP contribution < -0.4 is 11.1 Å². The van der Waals surface area contributed by atoms with Crippen LogP contribution in [-0.4, -0.2) is 23.2 Å². The zero-order valence-corrected chi connectivity index (χ0v) is 16.5. The summed E-state index contributed by atoms with van der Waals surface area (Å²) >= 11 is 0. The van der Waals surface area contributed by atoms with Gasteiger partial charge < -0.3 is 15.8 Å². The van der Waals surface area contributed by atoms with Crippen LogP contribution in [-0.2, 0) is 4.74 Å². The Morgan fingerprint density at radius 2 is 1.81 bits per heavy atom. The van der Waals surface area contributed by atoms with Crippen LogP contribution in [0.1, 0.15) is 50.6 Å². The molecule has 2 aromatic rings. The Kier molecular flexibility index (Phi) is 5.90. The van der Waals surface area contributed by atoms with Crippen molar-refractivity contribution in [2.24, 2.45) is 0 Å². The van der Waals surface area contributed by atoms with Crippen molar-refractivity contribution < 1.29 is 9.53 Å². The van der Waals surface area contributed by atoms with E-state index in [1.807, 2.05) is 40.7 Å². The molecule has 0 spiro atoms. The highest BCUT2D eigenvalue weighted by Crippen LogP contribution is 2.27. The first-order valence-electron chi connectivity index (χ1n) is 8.87. The molecule has 1 aromatic heterocycles. The number of hydrogen-bond donors (Lipinski definition) is 2. The molecular weight excluding hydrogens is 326 g/mol. The molecule has 1 amide bonds. The number of hydrogen-bond acceptors (Lipinski definition) is 4. The standard InChI is InChI=1S/C21H29N3O2/c1-13(12-23-20(25)26-21(4,5)6)16-7-9-17(10-8-16)18-11-19(22)15(3)24-14(18)2/h7-11,13H,12,22H2,1-6H3,(H,23,25). The molecule has 0 bridgehead atoms. The third kappa shape index (κ3) is 5.22. The van der Waals surface area contributed by atoms with Crippen LogP contribution in [0.5, 0.6) is 0 Å². The van der Waals surface area contributed by atoms with Gasteiger partial charge in [-0.1, -0.05) is 31.2 Å². The average Bonchev–Trinajstić information content (AvgIpc) is 2.54. The molecule has 1 heterocycles. The van der Waals surface area contributed by atoms with Gasteiger partial charge in [0.15, 0.2) is 0 Å². The number of nitrogens with zero attached hydrogens (tertiary/aromatic N) is 1. The Morgan fingerprint density at radius 3 is 2.38 bits per heavy atom. The summed E-state index contributed by atoms with van der Waals surface area (Å²) in [7, 11) is 0. The van der Waals surface area contributed by atoms with Crippen molar-refractivity contribution in [1.29, 1.82) is 0 Å². The summed E-state index contributed by atoms with van der Waals surface area (Å²) in [5.41, 5.74) is 11.3. The zero-order valence-electron chi connectivity index (χ0n) is 16.5. The maximum absolute atomic E-state index is 11.8. The van der Waals surface area contributed by atoms with E-state index in [-0.39, 0.29) is 5.92 Å². The number of ether oxygens (including phenoxy) is 1. The molecular formula is C21H29N3O2. The highest BCUT2D eigenvalue weighted by Gasteiger charge is 2.17. The molecule has 1 aromatic carbocycles. The highest BCUT2D eigenvalue weighted by atomic mass is 16.6. The second-order valence-electron chi connectivity index (χ2n) is 7.70. The molecule has 0 aliphatic carbocycles. The van der Waals surface area contributed by atoms with E-state index in [1.165, 1.54) is 0 Å². The maximum Gasteiger partial charge on any atom is 0.407 e. The number of amides is 1. The topological polar surface area (TPSA) is 77.2 Å². The monoisotopic (exact) mass is 355 g/mol. The minimum absolute atomic E-state index is 0.180. The molecule has 140 valence electrons. The van der Waals surface area contributed by atoms with Crippen LogP contribution in [0.3, 0.4) is 0 Å². The Bertz CT molecular complexity index is 777. The third-order valence-corrected chi connectivity index (χ3v) is 4.19. The number of aryl methyl sites for hydroxylation is 2. The second-order valence-corrected chi connectivity index (χ2v) is 7.70. The number of anilines is 1. The van der Waals surface area contributed by atoms with Crippen LogP contribution >= 0.6 is 0 Å². The lowest BCUT2D eigenvalue weighted by atomic mass is 9.96. The molecule has 5 heteroatoms. The molecule has 1 atom stereocenters. The summed E-state index contributed by atoms with van der Waals surface area (Å²) in [5.74, 6) is 0.180. The van der Waals surface area contributed by atoms with Gasteiger partial charge in [0.2, 0.25) is 0 Å². The van der Waals surface area contributed by atoms with Crippen molar-refractivity contribution in [1.82, 2.24) is 10.3 Å². The summed E-state index contributed by atoms with van der Waals surface area (Å²) in [6, 6.07) is 10.3. The molecule has 0 aliphatic heterocycles.